The maximum atomic E-state index is 5.50. The molecule has 26 heavy (non-hydrogen) atoms. The van der Waals surface area contributed by atoms with E-state index in [1.165, 1.54) is 38.8 Å². The van der Waals surface area contributed by atoms with Crippen LogP contribution in [-0.2, 0) is 4.74 Å². The molecule has 0 aliphatic carbocycles. The van der Waals surface area contributed by atoms with Gasteiger partial charge in [0.2, 0.25) is 0 Å². The summed E-state index contributed by atoms with van der Waals surface area (Å²) in [6, 6.07) is 0. The van der Waals surface area contributed by atoms with Gasteiger partial charge in [0.25, 0.3) is 0 Å². The van der Waals surface area contributed by atoms with E-state index < -0.39 is 0 Å². The summed E-state index contributed by atoms with van der Waals surface area (Å²) in [7, 11) is 0. The maximum absolute atomic E-state index is 5.50. The number of aryl methyl sites for hydroxylation is 1. The van der Waals surface area contributed by atoms with Gasteiger partial charge in [-0.1, -0.05) is 0 Å². The van der Waals surface area contributed by atoms with Crippen molar-refractivity contribution in [2.24, 2.45) is 5.92 Å². The van der Waals surface area contributed by atoms with Crippen LogP contribution in [-0.4, -0.2) is 52.7 Å². The van der Waals surface area contributed by atoms with Crippen molar-refractivity contribution in [1.29, 1.82) is 0 Å². The summed E-state index contributed by atoms with van der Waals surface area (Å²) < 4.78 is 5.50. The van der Waals surface area contributed by atoms with Crippen molar-refractivity contribution >= 4 is 22.3 Å². The lowest BCUT2D eigenvalue weighted by atomic mass is 9.92. The van der Waals surface area contributed by atoms with Gasteiger partial charge < -0.3 is 15.0 Å². The molecule has 2 saturated heterocycles. The van der Waals surface area contributed by atoms with E-state index in [4.69, 9.17) is 9.72 Å². The normalized spacial score (nSPS) is 22.4. The highest BCUT2D eigenvalue weighted by Gasteiger charge is 2.27. The molecule has 0 unspecified atom stereocenters. The number of nitrogens with zero attached hydrogens (tertiary/aromatic N) is 4. The van der Waals surface area contributed by atoms with Crippen molar-refractivity contribution in [1.82, 2.24) is 19.9 Å². The number of piperidine rings is 1. The molecule has 0 aromatic carbocycles. The van der Waals surface area contributed by atoms with Crippen molar-refractivity contribution in [2.45, 2.75) is 38.5 Å². The van der Waals surface area contributed by atoms with Gasteiger partial charge in [0.15, 0.2) is 10.9 Å². The van der Waals surface area contributed by atoms with Gasteiger partial charge in [-0.2, -0.15) is 0 Å². The molecular weight excluding hydrogens is 346 g/mol. The average Bonchev–Trinajstić information content (AvgIpc) is 3.08. The number of nitrogens with one attached hydrogen (secondary N) is 1. The van der Waals surface area contributed by atoms with Crippen LogP contribution < -0.4 is 5.32 Å². The van der Waals surface area contributed by atoms with E-state index in [1.54, 1.807) is 17.5 Å². The highest BCUT2D eigenvalue weighted by molar-refractivity contribution is 7.13. The smallest absolute Gasteiger partial charge is 0.188 e. The molecule has 0 bridgehead atoms. The average molecular weight is 374 g/mol. The molecule has 1 atom stereocenters. The third-order valence-corrected chi connectivity index (χ3v) is 6.20. The first-order valence-electron chi connectivity index (χ1n) is 9.58. The Bertz CT molecular complexity index is 715. The molecule has 0 radical (unpaired) electrons. The van der Waals surface area contributed by atoms with Gasteiger partial charge in [-0.15, -0.1) is 11.3 Å². The number of rotatable bonds is 5. The molecule has 2 aliphatic rings. The van der Waals surface area contributed by atoms with E-state index in [-0.39, 0.29) is 0 Å². The number of ether oxygens (including phenoxy) is 1. The zero-order chi connectivity index (χ0) is 17.8. The van der Waals surface area contributed by atoms with Crippen molar-refractivity contribution in [3.63, 3.8) is 0 Å². The minimum Gasteiger partial charge on any atom is -0.381 e. The summed E-state index contributed by atoms with van der Waals surface area (Å²) in [5.74, 6) is 2.07. The summed E-state index contributed by atoms with van der Waals surface area (Å²) in [6.45, 7) is 7.31. The molecule has 0 spiro atoms. The van der Waals surface area contributed by atoms with Gasteiger partial charge in [-0.3, -0.25) is 4.98 Å². The van der Waals surface area contributed by atoms with Crippen LogP contribution in [0.3, 0.4) is 0 Å². The van der Waals surface area contributed by atoms with Crippen molar-refractivity contribution in [3.05, 3.63) is 29.2 Å². The summed E-state index contributed by atoms with van der Waals surface area (Å²) in [5.41, 5.74) is 2.11. The van der Waals surface area contributed by atoms with Crippen LogP contribution >= 0.6 is 11.3 Å². The summed E-state index contributed by atoms with van der Waals surface area (Å²) in [6.07, 6.45) is 8.36. The molecule has 2 fully saturated rings. The Labute approximate surface area is 159 Å². The second-order valence-electron chi connectivity index (χ2n) is 7.36. The topological polar surface area (TPSA) is 63.2 Å². The maximum Gasteiger partial charge on any atom is 0.188 e. The first kappa shape index (κ1) is 17.8. The molecule has 4 rings (SSSR count). The van der Waals surface area contributed by atoms with Crippen molar-refractivity contribution in [3.8, 4) is 0 Å². The van der Waals surface area contributed by atoms with Gasteiger partial charge in [-0.25, -0.2) is 9.97 Å². The van der Waals surface area contributed by atoms with Gasteiger partial charge >= 0.3 is 0 Å². The Morgan fingerprint density at radius 3 is 2.88 bits per heavy atom. The molecule has 140 valence electrons. The van der Waals surface area contributed by atoms with Gasteiger partial charge in [0.1, 0.15) is 0 Å². The summed E-state index contributed by atoms with van der Waals surface area (Å²) >= 11 is 1.61. The highest BCUT2D eigenvalue weighted by atomic mass is 32.1. The van der Waals surface area contributed by atoms with Crippen LogP contribution in [0.5, 0.6) is 0 Å². The predicted molar refractivity (Wildman–Crippen MR) is 104 cm³/mol. The molecule has 0 amide bonds. The Balaban J connectivity index is 1.44. The molecule has 4 heterocycles. The molecule has 2 aromatic heterocycles. The fourth-order valence-corrected chi connectivity index (χ4v) is 4.68. The van der Waals surface area contributed by atoms with E-state index in [2.05, 4.69) is 25.6 Å². The molecule has 6 nitrogen and oxygen atoms in total. The van der Waals surface area contributed by atoms with E-state index in [1.807, 2.05) is 13.1 Å². The Morgan fingerprint density at radius 2 is 2.08 bits per heavy atom. The largest absolute Gasteiger partial charge is 0.381 e. The Hall–Kier alpha value is -1.57. The van der Waals surface area contributed by atoms with Crippen molar-refractivity contribution in [2.75, 3.05) is 38.2 Å². The quantitative estimate of drug-likeness (QED) is 0.864. The number of likely N-dealkylation sites (tertiary alicyclic amines) is 1. The van der Waals surface area contributed by atoms with E-state index >= 15 is 0 Å². The Kier molecular flexibility index (Phi) is 5.77. The summed E-state index contributed by atoms with van der Waals surface area (Å²) in [4.78, 5) is 16.4. The van der Waals surface area contributed by atoms with Crippen LogP contribution in [0.4, 0.5) is 10.9 Å². The van der Waals surface area contributed by atoms with Gasteiger partial charge in [0, 0.05) is 50.0 Å². The molecule has 1 N–H and O–H groups in total. The van der Waals surface area contributed by atoms with Crippen LogP contribution in [0.2, 0.25) is 0 Å². The second kappa shape index (κ2) is 8.41. The minimum atomic E-state index is 0.431. The molecule has 2 aliphatic heterocycles. The predicted octanol–water partition coefficient (Wildman–Crippen LogP) is 3.59. The number of thiazole rings is 1. The zero-order valence-electron chi connectivity index (χ0n) is 15.4. The second-order valence-corrected chi connectivity index (χ2v) is 8.22. The zero-order valence-corrected chi connectivity index (χ0v) is 16.2. The number of hydrogen-bond acceptors (Lipinski definition) is 7. The SMILES string of the molecule is Cc1csc(Nc2nccnc2[C@@H]2CCCN(CC3CCOCC3)C2)n1. The lowest BCUT2D eigenvalue weighted by Gasteiger charge is -2.36. The monoisotopic (exact) mass is 373 g/mol. The van der Waals surface area contributed by atoms with Crippen LogP contribution in [0, 0.1) is 12.8 Å². The lowest BCUT2D eigenvalue weighted by molar-refractivity contribution is 0.0482. The first-order valence-corrected chi connectivity index (χ1v) is 10.5. The number of hydrogen-bond donors (Lipinski definition) is 1. The molecular formula is C19H27N5OS. The molecule has 0 saturated carbocycles. The van der Waals surface area contributed by atoms with Crippen molar-refractivity contribution < 1.29 is 4.74 Å². The number of aromatic nitrogens is 3. The van der Waals surface area contributed by atoms with Gasteiger partial charge in [0.05, 0.1) is 11.4 Å². The van der Waals surface area contributed by atoms with E-state index in [9.17, 15) is 0 Å². The van der Waals surface area contributed by atoms with Crippen LogP contribution in [0.1, 0.15) is 43.0 Å². The molecule has 7 heteroatoms. The fourth-order valence-electron chi connectivity index (χ4n) is 4.00. The minimum absolute atomic E-state index is 0.431. The molecule has 2 aromatic rings. The fraction of sp³-hybridized carbons (Fsp3) is 0.632. The third kappa shape index (κ3) is 4.39. The standard InChI is InChI=1S/C19H27N5OS/c1-14-13-26-19(22-14)23-18-17(20-6-7-21-18)16-3-2-8-24(12-16)11-15-4-9-25-10-5-15/h6-7,13,15-16H,2-5,8-12H2,1H3,(H,21,22,23)/t16-/m1/s1. The number of anilines is 2. The van der Waals surface area contributed by atoms with Crippen LogP contribution in [0.15, 0.2) is 17.8 Å². The third-order valence-electron chi connectivity index (χ3n) is 5.32. The summed E-state index contributed by atoms with van der Waals surface area (Å²) in [5, 5.41) is 6.32. The van der Waals surface area contributed by atoms with E-state index in [0.29, 0.717) is 5.92 Å². The Morgan fingerprint density at radius 1 is 1.23 bits per heavy atom. The van der Waals surface area contributed by atoms with Crippen LogP contribution in [0.25, 0.3) is 0 Å². The lowest BCUT2D eigenvalue weighted by Crippen LogP contribution is -2.39. The van der Waals surface area contributed by atoms with Gasteiger partial charge in [-0.05, 0) is 45.1 Å². The first-order chi connectivity index (χ1) is 12.8. The van der Waals surface area contributed by atoms with E-state index in [0.717, 1.165) is 48.0 Å². The highest BCUT2D eigenvalue weighted by Crippen LogP contribution is 2.32.